The van der Waals surface area contributed by atoms with E-state index in [-0.39, 0.29) is 0 Å². The Balaban J connectivity index is 1.69. The third kappa shape index (κ3) is 3.83. The van der Waals surface area contributed by atoms with Crippen LogP contribution in [0, 0.1) is 6.92 Å². The average molecular weight is 429 g/mol. The Morgan fingerprint density at radius 1 is 1.17 bits per heavy atom. The van der Waals surface area contributed by atoms with Crippen LogP contribution in [0.15, 0.2) is 52.9 Å². The summed E-state index contributed by atoms with van der Waals surface area (Å²) in [4.78, 5) is 5.60. The molecule has 150 valence electrons. The third-order valence-corrected chi connectivity index (χ3v) is 7.62. The standard InChI is InChI=1S/C20H20N4O3S2/c1-4-15-7-10-20(28-15)29(25,26)23-16-11-14(6-5-13(16)2)17-12-24-18(21-17)8-9-19(22-24)27-3/h5-12,23H,4H2,1-3H3. The molecule has 9 heteroatoms. The zero-order valence-electron chi connectivity index (χ0n) is 16.2. The normalized spacial score (nSPS) is 11.7. The Labute approximate surface area is 173 Å². The van der Waals surface area contributed by atoms with Gasteiger partial charge in [0.05, 0.1) is 24.7 Å². The van der Waals surface area contributed by atoms with E-state index in [0.29, 0.717) is 27.1 Å². The van der Waals surface area contributed by atoms with Gasteiger partial charge >= 0.3 is 0 Å². The zero-order valence-corrected chi connectivity index (χ0v) is 17.8. The van der Waals surface area contributed by atoms with Crippen molar-refractivity contribution in [3.8, 4) is 17.1 Å². The van der Waals surface area contributed by atoms with Gasteiger partial charge in [0, 0.05) is 16.5 Å². The molecule has 0 spiro atoms. The number of benzene rings is 1. The minimum atomic E-state index is -3.64. The first-order chi connectivity index (χ1) is 13.9. The zero-order chi connectivity index (χ0) is 20.6. The first kappa shape index (κ1) is 19.4. The van der Waals surface area contributed by atoms with Crippen molar-refractivity contribution < 1.29 is 13.2 Å². The number of hydrogen-bond donors (Lipinski definition) is 1. The number of fused-ring (bicyclic) bond motifs is 1. The molecule has 0 saturated heterocycles. The molecule has 4 aromatic rings. The van der Waals surface area contributed by atoms with Crippen molar-refractivity contribution in [3.05, 3.63) is 59.1 Å². The fourth-order valence-electron chi connectivity index (χ4n) is 2.89. The summed E-state index contributed by atoms with van der Waals surface area (Å²) in [5.41, 5.74) is 3.51. The topological polar surface area (TPSA) is 85.6 Å². The summed E-state index contributed by atoms with van der Waals surface area (Å²) in [6.07, 6.45) is 2.59. The monoisotopic (exact) mass is 428 g/mol. The Hall–Kier alpha value is -2.91. The number of sulfonamides is 1. The molecule has 0 atom stereocenters. The maximum atomic E-state index is 12.8. The van der Waals surface area contributed by atoms with Crippen LogP contribution >= 0.6 is 11.3 Å². The molecule has 4 rings (SSSR count). The lowest BCUT2D eigenvalue weighted by molar-refractivity contribution is 0.390. The van der Waals surface area contributed by atoms with Gasteiger partial charge in [0.2, 0.25) is 5.88 Å². The van der Waals surface area contributed by atoms with Gasteiger partial charge in [-0.3, -0.25) is 4.72 Å². The molecular weight excluding hydrogens is 408 g/mol. The highest BCUT2D eigenvalue weighted by Gasteiger charge is 2.18. The predicted octanol–water partition coefficient (Wildman–Crippen LogP) is 4.14. The predicted molar refractivity (Wildman–Crippen MR) is 114 cm³/mol. The molecule has 0 unspecified atom stereocenters. The van der Waals surface area contributed by atoms with Gasteiger partial charge in [-0.15, -0.1) is 16.4 Å². The van der Waals surface area contributed by atoms with E-state index in [1.165, 1.54) is 11.3 Å². The van der Waals surface area contributed by atoms with Crippen LogP contribution in [0.3, 0.4) is 0 Å². The Morgan fingerprint density at radius 3 is 2.72 bits per heavy atom. The number of ether oxygens (including phenoxy) is 1. The van der Waals surface area contributed by atoms with Crippen molar-refractivity contribution in [3.63, 3.8) is 0 Å². The van der Waals surface area contributed by atoms with Crippen molar-refractivity contribution in [2.24, 2.45) is 0 Å². The van der Waals surface area contributed by atoms with Crippen molar-refractivity contribution in [1.82, 2.24) is 14.6 Å². The summed E-state index contributed by atoms with van der Waals surface area (Å²) in [6, 6.07) is 12.6. The molecule has 0 saturated carbocycles. The van der Waals surface area contributed by atoms with Gasteiger partial charge in [0.25, 0.3) is 10.0 Å². The Morgan fingerprint density at radius 2 is 2.00 bits per heavy atom. The van der Waals surface area contributed by atoms with E-state index in [2.05, 4.69) is 14.8 Å². The van der Waals surface area contributed by atoms with Crippen LogP contribution in [-0.2, 0) is 16.4 Å². The smallest absolute Gasteiger partial charge is 0.271 e. The second-order valence-electron chi connectivity index (χ2n) is 6.51. The largest absolute Gasteiger partial charge is 0.480 e. The van der Waals surface area contributed by atoms with Gasteiger partial charge in [-0.2, -0.15) is 0 Å². The molecular formula is C20H20N4O3S2. The van der Waals surface area contributed by atoms with Crippen LogP contribution in [0.25, 0.3) is 16.9 Å². The van der Waals surface area contributed by atoms with Crippen LogP contribution in [0.2, 0.25) is 0 Å². The van der Waals surface area contributed by atoms with Crippen molar-refractivity contribution in [1.29, 1.82) is 0 Å². The van der Waals surface area contributed by atoms with E-state index >= 15 is 0 Å². The van der Waals surface area contributed by atoms with Crippen LogP contribution in [0.5, 0.6) is 5.88 Å². The maximum Gasteiger partial charge on any atom is 0.271 e. The number of imidazole rings is 1. The van der Waals surface area contributed by atoms with Gasteiger partial charge in [0.15, 0.2) is 5.65 Å². The fourth-order valence-corrected chi connectivity index (χ4v) is 5.31. The van der Waals surface area contributed by atoms with Crippen molar-refractivity contribution in [2.45, 2.75) is 24.5 Å². The molecule has 0 radical (unpaired) electrons. The summed E-state index contributed by atoms with van der Waals surface area (Å²) >= 11 is 1.29. The number of aryl methyl sites for hydroxylation is 2. The molecule has 3 heterocycles. The molecule has 7 nitrogen and oxygen atoms in total. The minimum absolute atomic E-state index is 0.308. The number of anilines is 1. The molecule has 29 heavy (non-hydrogen) atoms. The van der Waals surface area contributed by atoms with Gasteiger partial charge in [-0.05, 0) is 43.2 Å². The van der Waals surface area contributed by atoms with Crippen LogP contribution in [-0.4, -0.2) is 30.1 Å². The Bertz CT molecular complexity index is 1290. The number of rotatable bonds is 6. The number of aromatic nitrogens is 3. The highest BCUT2D eigenvalue weighted by molar-refractivity contribution is 7.94. The molecule has 1 N–H and O–H groups in total. The van der Waals surface area contributed by atoms with Crippen molar-refractivity contribution in [2.75, 3.05) is 11.8 Å². The van der Waals surface area contributed by atoms with Crippen LogP contribution in [0.1, 0.15) is 17.4 Å². The number of hydrogen-bond acceptors (Lipinski definition) is 6. The van der Waals surface area contributed by atoms with Gasteiger partial charge < -0.3 is 4.74 Å². The molecule has 0 bridgehead atoms. The number of nitrogens with zero attached hydrogens (tertiary/aromatic N) is 3. The van der Waals surface area contributed by atoms with Crippen LogP contribution in [0.4, 0.5) is 5.69 Å². The summed E-state index contributed by atoms with van der Waals surface area (Å²) in [5.74, 6) is 0.487. The molecule has 0 aliphatic rings. The highest BCUT2D eigenvalue weighted by Crippen LogP contribution is 2.29. The van der Waals surface area contributed by atoms with Crippen LogP contribution < -0.4 is 9.46 Å². The molecule has 0 aliphatic heterocycles. The average Bonchev–Trinajstić information content (AvgIpc) is 3.36. The quantitative estimate of drug-likeness (QED) is 0.499. The van der Waals surface area contributed by atoms with E-state index in [9.17, 15) is 8.42 Å². The number of nitrogens with one attached hydrogen (secondary N) is 1. The molecule has 0 fully saturated rings. The molecule has 3 aromatic heterocycles. The number of methoxy groups -OCH3 is 1. The summed E-state index contributed by atoms with van der Waals surface area (Å²) in [5, 5.41) is 4.31. The van der Waals surface area contributed by atoms with Gasteiger partial charge in [0.1, 0.15) is 4.21 Å². The highest BCUT2D eigenvalue weighted by atomic mass is 32.2. The second-order valence-corrected chi connectivity index (χ2v) is 9.59. The summed E-state index contributed by atoms with van der Waals surface area (Å²) in [6.45, 7) is 3.87. The van der Waals surface area contributed by atoms with Gasteiger partial charge in [-0.25, -0.2) is 17.9 Å². The summed E-state index contributed by atoms with van der Waals surface area (Å²) in [7, 11) is -2.09. The second kappa shape index (κ2) is 7.49. The SMILES string of the molecule is CCc1ccc(S(=O)(=O)Nc2cc(-c3cn4nc(OC)ccc4n3)ccc2C)s1. The minimum Gasteiger partial charge on any atom is -0.480 e. The molecule has 0 aliphatic carbocycles. The Kier molecular flexibility index (Phi) is 5.01. The third-order valence-electron chi connectivity index (χ3n) is 4.53. The van der Waals surface area contributed by atoms with E-state index in [0.717, 1.165) is 22.4 Å². The van der Waals surface area contributed by atoms with E-state index in [4.69, 9.17) is 4.74 Å². The maximum absolute atomic E-state index is 12.8. The lowest BCUT2D eigenvalue weighted by atomic mass is 10.1. The fraction of sp³-hybridized carbons (Fsp3) is 0.200. The lowest BCUT2D eigenvalue weighted by Crippen LogP contribution is -2.12. The van der Waals surface area contributed by atoms with E-state index < -0.39 is 10.0 Å². The van der Waals surface area contributed by atoms with E-state index in [1.807, 2.05) is 38.1 Å². The molecule has 1 aromatic carbocycles. The van der Waals surface area contributed by atoms with Crippen molar-refractivity contribution >= 4 is 32.7 Å². The first-order valence-electron chi connectivity index (χ1n) is 9.02. The van der Waals surface area contributed by atoms with E-state index in [1.54, 1.807) is 36.0 Å². The lowest BCUT2D eigenvalue weighted by Gasteiger charge is -2.10. The number of thiophene rings is 1. The van der Waals surface area contributed by atoms with Gasteiger partial charge in [-0.1, -0.05) is 19.1 Å². The first-order valence-corrected chi connectivity index (χ1v) is 11.3. The molecule has 0 amide bonds. The summed E-state index contributed by atoms with van der Waals surface area (Å²) < 4.78 is 35.4.